The van der Waals surface area contributed by atoms with Crippen LogP contribution in [0.25, 0.3) is 0 Å². The van der Waals surface area contributed by atoms with Crippen molar-refractivity contribution in [2.45, 2.75) is 70.9 Å². The summed E-state index contributed by atoms with van der Waals surface area (Å²) in [7, 11) is 0. The van der Waals surface area contributed by atoms with Crippen molar-refractivity contribution in [3.05, 3.63) is 18.0 Å². The fourth-order valence-corrected chi connectivity index (χ4v) is 3.22. The summed E-state index contributed by atoms with van der Waals surface area (Å²) >= 11 is 0. The highest BCUT2D eigenvalue weighted by atomic mass is 15.3. The van der Waals surface area contributed by atoms with Crippen molar-refractivity contribution in [1.29, 1.82) is 0 Å². The zero-order valence-corrected chi connectivity index (χ0v) is 12.0. The molecule has 2 atom stereocenters. The SMILES string of the molecule is CCNC1CCCCCC1c1ccnn1C(C)C. The Balaban J connectivity index is 2.23. The molecule has 1 fully saturated rings. The van der Waals surface area contributed by atoms with E-state index < -0.39 is 0 Å². The maximum atomic E-state index is 4.50. The van der Waals surface area contributed by atoms with Gasteiger partial charge in [-0.2, -0.15) is 5.10 Å². The molecule has 2 unspecified atom stereocenters. The van der Waals surface area contributed by atoms with Crippen LogP contribution in [-0.2, 0) is 0 Å². The van der Waals surface area contributed by atoms with Crippen molar-refractivity contribution >= 4 is 0 Å². The first-order chi connectivity index (χ1) is 8.74. The predicted octanol–water partition coefficient (Wildman–Crippen LogP) is 3.49. The number of nitrogens with one attached hydrogen (secondary N) is 1. The summed E-state index contributed by atoms with van der Waals surface area (Å²) in [6.07, 6.45) is 8.68. The van der Waals surface area contributed by atoms with Crippen LogP contribution in [0.5, 0.6) is 0 Å². The Morgan fingerprint density at radius 3 is 2.83 bits per heavy atom. The molecule has 1 saturated carbocycles. The van der Waals surface area contributed by atoms with Crippen LogP contribution >= 0.6 is 0 Å². The monoisotopic (exact) mass is 249 g/mol. The van der Waals surface area contributed by atoms with E-state index in [4.69, 9.17) is 0 Å². The molecule has 0 amide bonds. The van der Waals surface area contributed by atoms with Crippen LogP contribution in [-0.4, -0.2) is 22.4 Å². The zero-order valence-electron chi connectivity index (χ0n) is 12.0. The molecule has 1 aliphatic rings. The lowest BCUT2D eigenvalue weighted by Gasteiger charge is -2.27. The maximum absolute atomic E-state index is 4.50. The van der Waals surface area contributed by atoms with E-state index in [1.165, 1.54) is 37.8 Å². The second kappa shape index (κ2) is 6.37. The summed E-state index contributed by atoms with van der Waals surface area (Å²) in [5.74, 6) is 0.636. The van der Waals surface area contributed by atoms with Gasteiger partial charge in [-0.05, 0) is 39.3 Å². The first-order valence-corrected chi connectivity index (χ1v) is 7.50. The van der Waals surface area contributed by atoms with Crippen LogP contribution in [0.1, 0.15) is 70.5 Å². The Labute approximate surface area is 111 Å². The van der Waals surface area contributed by atoms with Crippen LogP contribution in [0.2, 0.25) is 0 Å². The lowest BCUT2D eigenvalue weighted by molar-refractivity contribution is 0.385. The molecule has 0 saturated heterocycles. The Hall–Kier alpha value is -0.830. The predicted molar refractivity (Wildman–Crippen MR) is 75.9 cm³/mol. The topological polar surface area (TPSA) is 29.9 Å². The fraction of sp³-hybridized carbons (Fsp3) is 0.800. The number of hydrogen-bond acceptors (Lipinski definition) is 2. The molecule has 2 rings (SSSR count). The average molecular weight is 249 g/mol. The number of likely N-dealkylation sites (N-methyl/N-ethyl adjacent to an activating group) is 1. The highest BCUT2D eigenvalue weighted by Gasteiger charge is 2.27. The van der Waals surface area contributed by atoms with Crippen molar-refractivity contribution < 1.29 is 0 Å². The average Bonchev–Trinajstić information content (AvgIpc) is 2.72. The quantitative estimate of drug-likeness (QED) is 0.828. The second-order valence-corrected chi connectivity index (χ2v) is 5.70. The summed E-state index contributed by atoms with van der Waals surface area (Å²) in [5.41, 5.74) is 1.43. The van der Waals surface area contributed by atoms with Crippen LogP contribution in [0.15, 0.2) is 12.3 Å². The van der Waals surface area contributed by atoms with Crippen LogP contribution in [0.4, 0.5) is 0 Å². The Morgan fingerprint density at radius 1 is 1.33 bits per heavy atom. The minimum absolute atomic E-state index is 0.459. The Morgan fingerprint density at radius 2 is 2.11 bits per heavy atom. The fourth-order valence-electron chi connectivity index (χ4n) is 3.22. The van der Waals surface area contributed by atoms with E-state index in [9.17, 15) is 0 Å². The highest BCUT2D eigenvalue weighted by Crippen LogP contribution is 2.32. The molecule has 0 spiro atoms. The van der Waals surface area contributed by atoms with Gasteiger partial charge in [0.05, 0.1) is 0 Å². The molecule has 1 N–H and O–H groups in total. The molecule has 102 valence electrons. The standard InChI is InChI=1S/C15H27N3/c1-4-16-14-9-7-5-6-8-13(14)15-10-11-17-18(15)12(2)3/h10-14,16H,4-9H2,1-3H3. The van der Waals surface area contributed by atoms with Gasteiger partial charge in [-0.25, -0.2) is 0 Å². The van der Waals surface area contributed by atoms with Crippen LogP contribution in [0, 0.1) is 0 Å². The van der Waals surface area contributed by atoms with Gasteiger partial charge in [0, 0.05) is 29.9 Å². The van der Waals surface area contributed by atoms with Gasteiger partial charge >= 0.3 is 0 Å². The first kappa shape index (κ1) is 13.6. The molecule has 3 heteroatoms. The zero-order chi connectivity index (χ0) is 13.0. The van der Waals surface area contributed by atoms with E-state index in [1.54, 1.807) is 0 Å². The highest BCUT2D eigenvalue weighted by molar-refractivity contribution is 5.12. The lowest BCUT2D eigenvalue weighted by atomic mass is 9.91. The van der Waals surface area contributed by atoms with Crippen molar-refractivity contribution in [1.82, 2.24) is 15.1 Å². The first-order valence-electron chi connectivity index (χ1n) is 7.50. The molecule has 1 aliphatic carbocycles. The maximum Gasteiger partial charge on any atom is 0.0492 e. The summed E-state index contributed by atoms with van der Waals surface area (Å²) < 4.78 is 2.21. The summed E-state index contributed by atoms with van der Waals surface area (Å²) in [4.78, 5) is 0. The van der Waals surface area contributed by atoms with Gasteiger partial charge < -0.3 is 5.32 Å². The van der Waals surface area contributed by atoms with Gasteiger partial charge in [0.2, 0.25) is 0 Å². The summed E-state index contributed by atoms with van der Waals surface area (Å²) in [6, 6.07) is 3.31. The van der Waals surface area contributed by atoms with Gasteiger partial charge in [-0.15, -0.1) is 0 Å². The van der Waals surface area contributed by atoms with E-state index in [0.29, 0.717) is 18.0 Å². The largest absolute Gasteiger partial charge is 0.314 e. The molecule has 0 aromatic carbocycles. The van der Waals surface area contributed by atoms with Crippen molar-refractivity contribution in [3.63, 3.8) is 0 Å². The van der Waals surface area contributed by atoms with Gasteiger partial charge in [0.15, 0.2) is 0 Å². The van der Waals surface area contributed by atoms with Crippen molar-refractivity contribution in [2.75, 3.05) is 6.54 Å². The Bertz CT molecular complexity index is 356. The molecular weight excluding hydrogens is 222 g/mol. The van der Waals surface area contributed by atoms with Crippen LogP contribution < -0.4 is 5.32 Å². The van der Waals surface area contributed by atoms with Crippen molar-refractivity contribution in [2.24, 2.45) is 0 Å². The Kier molecular flexibility index (Phi) is 4.81. The third-order valence-electron chi connectivity index (χ3n) is 4.05. The normalized spacial score (nSPS) is 25.3. The molecule has 18 heavy (non-hydrogen) atoms. The number of aromatic nitrogens is 2. The summed E-state index contributed by atoms with van der Waals surface area (Å²) in [5, 5.41) is 8.19. The second-order valence-electron chi connectivity index (χ2n) is 5.70. The van der Waals surface area contributed by atoms with E-state index in [2.05, 4.69) is 41.9 Å². The molecule has 0 bridgehead atoms. The van der Waals surface area contributed by atoms with Crippen LogP contribution in [0.3, 0.4) is 0 Å². The van der Waals surface area contributed by atoms with Gasteiger partial charge in [0.1, 0.15) is 0 Å². The van der Waals surface area contributed by atoms with E-state index >= 15 is 0 Å². The van der Waals surface area contributed by atoms with E-state index in [1.807, 2.05) is 6.20 Å². The molecule has 0 aliphatic heterocycles. The minimum Gasteiger partial charge on any atom is -0.314 e. The molecule has 1 heterocycles. The number of hydrogen-bond donors (Lipinski definition) is 1. The third kappa shape index (κ3) is 2.94. The van der Waals surface area contributed by atoms with E-state index in [0.717, 1.165) is 6.54 Å². The molecular formula is C15H27N3. The molecule has 3 nitrogen and oxygen atoms in total. The van der Waals surface area contributed by atoms with Gasteiger partial charge in [0.25, 0.3) is 0 Å². The smallest absolute Gasteiger partial charge is 0.0492 e. The van der Waals surface area contributed by atoms with Gasteiger partial charge in [-0.1, -0.05) is 26.2 Å². The third-order valence-corrected chi connectivity index (χ3v) is 4.05. The van der Waals surface area contributed by atoms with E-state index in [-0.39, 0.29) is 0 Å². The molecule has 1 aromatic rings. The lowest BCUT2D eigenvalue weighted by Crippen LogP contribution is -2.35. The van der Waals surface area contributed by atoms with Gasteiger partial charge in [-0.3, -0.25) is 4.68 Å². The molecule has 1 aromatic heterocycles. The summed E-state index contributed by atoms with van der Waals surface area (Å²) in [6.45, 7) is 7.71. The van der Waals surface area contributed by atoms with Crippen molar-refractivity contribution in [3.8, 4) is 0 Å². The number of nitrogens with zero attached hydrogens (tertiary/aromatic N) is 2. The molecule has 0 radical (unpaired) electrons. The minimum atomic E-state index is 0.459. The number of rotatable bonds is 4.